The second-order valence-electron chi connectivity index (χ2n) is 11.0. The Morgan fingerprint density at radius 3 is 2.51 bits per heavy atom. The maximum atomic E-state index is 13.6. The molecule has 2 N–H and O–H groups in total. The average molecular weight is 499 g/mol. The van der Waals surface area contributed by atoms with Crippen LogP contribution in [0.3, 0.4) is 0 Å². The number of aliphatic hydroxyl groups is 2. The van der Waals surface area contributed by atoms with Gasteiger partial charge in [0, 0.05) is 24.1 Å². The summed E-state index contributed by atoms with van der Waals surface area (Å²) in [4.78, 5) is 25.7. The zero-order valence-electron chi connectivity index (χ0n) is 20.8. The van der Waals surface area contributed by atoms with Crippen LogP contribution in [0, 0.1) is 11.3 Å². The van der Waals surface area contributed by atoms with E-state index in [1.165, 1.54) is 0 Å². The van der Waals surface area contributed by atoms with Crippen LogP contribution in [0.5, 0.6) is 6.01 Å². The Bertz CT molecular complexity index is 931. The molecule has 4 atom stereocenters. The minimum absolute atomic E-state index is 0.0451. The number of carbonyl (C=O) groups excluding carboxylic acids is 1. The zero-order chi connectivity index (χ0) is 25.5. The van der Waals surface area contributed by atoms with Crippen LogP contribution in [0.25, 0.3) is 0 Å². The number of fused-ring (bicyclic) bond motifs is 1. The van der Waals surface area contributed by atoms with Crippen LogP contribution in [0.15, 0.2) is 0 Å². The molecule has 1 saturated heterocycles. The van der Waals surface area contributed by atoms with E-state index in [0.29, 0.717) is 18.1 Å². The van der Waals surface area contributed by atoms with Crippen molar-refractivity contribution in [1.82, 2.24) is 14.9 Å². The van der Waals surface area contributed by atoms with Crippen molar-refractivity contribution in [2.45, 2.75) is 97.2 Å². The standard InChI is InChI=1S/C24H36F2N4O5/c1-14-8-6-5-7-9-30(14)18-16-11-29(22(33)35-23(2,3)4)12-17(16)27-21(28-18)34-13-15-10-24(15,19(25)31)20(26)32/h14-15,19-20,31-32H,5-13H2,1-4H3/t14-,15+,19?,20?,24?/m1/s1. The Kier molecular flexibility index (Phi) is 7.11. The third-order valence-electron chi connectivity index (χ3n) is 7.22. The fourth-order valence-electron chi connectivity index (χ4n) is 5.02. The summed E-state index contributed by atoms with van der Waals surface area (Å²) >= 11 is 0. The van der Waals surface area contributed by atoms with E-state index in [2.05, 4.69) is 21.8 Å². The highest BCUT2D eigenvalue weighted by molar-refractivity contribution is 5.70. The predicted octanol–water partition coefficient (Wildman–Crippen LogP) is 3.46. The van der Waals surface area contributed by atoms with Crippen LogP contribution in [0.4, 0.5) is 19.4 Å². The van der Waals surface area contributed by atoms with Gasteiger partial charge in [0.05, 0.1) is 30.8 Å². The van der Waals surface area contributed by atoms with Crippen molar-refractivity contribution in [3.63, 3.8) is 0 Å². The summed E-state index contributed by atoms with van der Waals surface area (Å²) in [5.74, 6) is -0.0123. The topological polar surface area (TPSA) is 108 Å². The van der Waals surface area contributed by atoms with Gasteiger partial charge < -0.3 is 24.6 Å². The number of aromatic nitrogens is 2. The molecule has 0 radical (unpaired) electrons. The lowest BCUT2D eigenvalue weighted by atomic mass is 10.0. The minimum atomic E-state index is -2.49. The molecule has 0 aromatic carbocycles. The van der Waals surface area contributed by atoms with E-state index in [4.69, 9.17) is 9.47 Å². The zero-order valence-corrected chi connectivity index (χ0v) is 20.8. The number of carbonyl (C=O) groups is 1. The Balaban J connectivity index is 1.58. The van der Waals surface area contributed by atoms with Crippen molar-refractivity contribution in [3.8, 4) is 6.01 Å². The Hall–Kier alpha value is -2.27. The van der Waals surface area contributed by atoms with Gasteiger partial charge in [-0.15, -0.1) is 0 Å². The van der Waals surface area contributed by atoms with Crippen molar-refractivity contribution in [1.29, 1.82) is 0 Å². The van der Waals surface area contributed by atoms with E-state index in [1.807, 2.05) is 20.8 Å². The smallest absolute Gasteiger partial charge is 0.410 e. The molecule has 11 heteroatoms. The summed E-state index contributed by atoms with van der Waals surface area (Å²) < 4.78 is 38.5. The molecule has 1 aromatic heterocycles. The molecule has 4 rings (SSSR count). The first-order chi connectivity index (χ1) is 16.4. The number of rotatable bonds is 6. The summed E-state index contributed by atoms with van der Waals surface area (Å²) in [5, 5.41) is 18.7. The molecular weight excluding hydrogens is 462 g/mol. The fraction of sp³-hybridized carbons (Fsp3) is 0.792. The number of hydrogen-bond donors (Lipinski definition) is 2. The largest absolute Gasteiger partial charge is 0.463 e. The van der Waals surface area contributed by atoms with Crippen LogP contribution in [-0.4, -0.2) is 68.7 Å². The summed E-state index contributed by atoms with van der Waals surface area (Å²) in [6.45, 7) is 8.79. The molecule has 35 heavy (non-hydrogen) atoms. The van der Waals surface area contributed by atoms with Crippen molar-refractivity contribution in [2.24, 2.45) is 11.3 Å². The first-order valence-corrected chi connectivity index (χ1v) is 12.3. The van der Waals surface area contributed by atoms with Crippen molar-refractivity contribution >= 4 is 11.9 Å². The van der Waals surface area contributed by atoms with Crippen LogP contribution in [0.1, 0.15) is 71.1 Å². The lowest BCUT2D eigenvalue weighted by molar-refractivity contribution is -0.134. The van der Waals surface area contributed by atoms with Crippen molar-refractivity contribution in [3.05, 3.63) is 11.3 Å². The number of anilines is 1. The monoisotopic (exact) mass is 498 g/mol. The number of ether oxygens (including phenoxy) is 2. The molecular formula is C24H36F2N4O5. The van der Waals surface area contributed by atoms with E-state index in [1.54, 1.807) is 4.90 Å². The second-order valence-corrected chi connectivity index (χ2v) is 11.0. The van der Waals surface area contributed by atoms with Crippen LogP contribution in [0.2, 0.25) is 0 Å². The van der Waals surface area contributed by atoms with Gasteiger partial charge in [0.15, 0.2) is 0 Å². The van der Waals surface area contributed by atoms with Crippen LogP contribution >= 0.6 is 0 Å². The van der Waals surface area contributed by atoms with Crippen LogP contribution < -0.4 is 9.64 Å². The van der Waals surface area contributed by atoms with Gasteiger partial charge in [0.2, 0.25) is 12.7 Å². The highest BCUT2D eigenvalue weighted by atomic mass is 19.2. The van der Waals surface area contributed by atoms with E-state index < -0.39 is 35.7 Å². The van der Waals surface area contributed by atoms with Crippen molar-refractivity contribution in [2.75, 3.05) is 18.1 Å². The molecule has 2 unspecified atom stereocenters. The summed E-state index contributed by atoms with van der Waals surface area (Å²) in [6.07, 6.45) is -1.19. The SMILES string of the molecule is C[C@@H]1CCCCCN1c1nc(OC[C@@H]2CC2(C(O)F)C(O)F)nc2c1CN(C(=O)OC(C)(C)C)C2. The maximum Gasteiger partial charge on any atom is 0.410 e. The van der Waals surface area contributed by atoms with Gasteiger partial charge in [0.25, 0.3) is 0 Å². The molecule has 1 amide bonds. The molecule has 3 heterocycles. The molecule has 0 bridgehead atoms. The van der Waals surface area contributed by atoms with Gasteiger partial charge in [0.1, 0.15) is 11.4 Å². The van der Waals surface area contributed by atoms with E-state index in [-0.39, 0.29) is 31.6 Å². The molecule has 2 fully saturated rings. The van der Waals surface area contributed by atoms with E-state index >= 15 is 0 Å². The molecule has 3 aliphatic rings. The van der Waals surface area contributed by atoms with Gasteiger partial charge in [-0.2, -0.15) is 9.97 Å². The number of amides is 1. The molecule has 0 spiro atoms. The first-order valence-electron chi connectivity index (χ1n) is 12.3. The molecule has 1 saturated carbocycles. The van der Waals surface area contributed by atoms with Crippen LogP contribution in [-0.2, 0) is 17.8 Å². The summed E-state index contributed by atoms with van der Waals surface area (Å²) in [5.41, 5.74) is -1.01. The summed E-state index contributed by atoms with van der Waals surface area (Å²) in [6, 6.07) is 0.281. The number of halogens is 2. The Morgan fingerprint density at radius 2 is 1.89 bits per heavy atom. The normalized spacial score (nSPS) is 28.2. The number of nitrogens with zero attached hydrogens (tertiary/aromatic N) is 4. The van der Waals surface area contributed by atoms with Gasteiger partial charge in [-0.3, -0.25) is 4.90 Å². The summed E-state index contributed by atoms with van der Waals surface area (Å²) in [7, 11) is 0. The molecule has 1 aromatic rings. The minimum Gasteiger partial charge on any atom is -0.463 e. The quantitative estimate of drug-likeness (QED) is 0.614. The van der Waals surface area contributed by atoms with E-state index in [0.717, 1.165) is 37.8 Å². The lowest BCUT2D eigenvalue weighted by Crippen LogP contribution is -2.35. The fourth-order valence-corrected chi connectivity index (χ4v) is 5.02. The van der Waals surface area contributed by atoms with Gasteiger partial charge in [-0.05, 0) is 47.0 Å². The van der Waals surface area contributed by atoms with Gasteiger partial charge in [-0.1, -0.05) is 12.8 Å². The molecule has 9 nitrogen and oxygen atoms in total. The predicted molar refractivity (Wildman–Crippen MR) is 123 cm³/mol. The van der Waals surface area contributed by atoms with Gasteiger partial charge >= 0.3 is 12.1 Å². The maximum absolute atomic E-state index is 13.6. The first kappa shape index (κ1) is 25.8. The number of aliphatic hydroxyl groups excluding tert-OH is 2. The molecule has 2 aliphatic heterocycles. The average Bonchev–Trinajstić information content (AvgIpc) is 3.41. The highest BCUT2D eigenvalue weighted by Gasteiger charge is 2.65. The third-order valence-corrected chi connectivity index (χ3v) is 7.22. The molecule has 196 valence electrons. The number of alkyl halides is 2. The second kappa shape index (κ2) is 9.65. The van der Waals surface area contributed by atoms with E-state index in [9.17, 15) is 23.8 Å². The number of hydrogen-bond acceptors (Lipinski definition) is 8. The van der Waals surface area contributed by atoms with Crippen molar-refractivity contribution < 1.29 is 33.3 Å². The Morgan fingerprint density at radius 1 is 1.17 bits per heavy atom. The lowest BCUT2D eigenvalue weighted by Gasteiger charge is -2.30. The highest BCUT2D eigenvalue weighted by Crippen LogP contribution is 2.58. The molecule has 1 aliphatic carbocycles. The Labute approximate surface area is 204 Å². The van der Waals surface area contributed by atoms with Gasteiger partial charge in [-0.25, -0.2) is 13.6 Å². The third kappa shape index (κ3) is 5.30.